The zero-order valence-corrected chi connectivity index (χ0v) is 24.6. The van der Waals surface area contributed by atoms with Crippen LogP contribution in [-0.4, -0.2) is 28.4 Å². The minimum atomic E-state index is -0.784. The van der Waals surface area contributed by atoms with E-state index in [0.717, 1.165) is 4.47 Å². The lowest BCUT2D eigenvalue weighted by Gasteiger charge is -2.26. The second kappa shape index (κ2) is 10.9. The molecule has 2 heterocycles. The molecule has 0 unspecified atom stereocenters. The highest BCUT2D eigenvalue weighted by molar-refractivity contribution is 14.1. The minimum absolute atomic E-state index is 0.0836. The summed E-state index contributed by atoms with van der Waals surface area (Å²) in [6, 6.07) is 10.1. The van der Waals surface area contributed by atoms with Crippen LogP contribution in [-0.2, 0) is 9.53 Å². The molecular formula is C26H24BrIN2O5S. The number of fused-ring (bicyclic) bond motifs is 1. The van der Waals surface area contributed by atoms with Crippen LogP contribution in [0.5, 0.6) is 11.5 Å². The number of ether oxygens (including phenoxy) is 2. The van der Waals surface area contributed by atoms with Crippen molar-refractivity contribution >= 4 is 61.9 Å². The summed E-state index contributed by atoms with van der Waals surface area (Å²) >= 11 is 6.68. The first-order valence-electron chi connectivity index (χ1n) is 11.3. The number of phenolic OH excluding ortho intramolecular Hbond substituents is 1. The summed E-state index contributed by atoms with van der Waals surface area (Å²) in [7, 11) is 0. The number of thiazole rings is 1. The molecular weight excluding hydrogens is 659 g/mol. The third-order valence-electron chi connectivity index (χ3n) is 5.44. The number of carbonyl (C=O) groups is 1. The summed E-state index contributed by atoms with van der Waals surface area (Å²) < 4.78 is 14.7. The number of aromatic hydroxyl groups is 1. The van der Waals surface area contributed by atoms with Gasteiger partial charge in [0.25, 0.3) is 5.56 Å². The van der Waals surface area contributed by atoms with Crippen molar-refractivity contribution in [1.82, 2.24) is 4.57 Å². The fourth-order valence-electron chi connectivity index (χ4n) is 3.99. The maximum Gasteiger partial charge on any atom is 0.338 e. The highest BCUT2D eigenvalue weighted by atomic mass is 127. The molecule has 0 saturated heterocycles. The van der Waals surface area contributed by atoms with E-state index < -0.39 is 12.0 Å². The van der Waals surface area contributed by atoms with Crippen molar-refractivity contribution in [2.24, 2.45) is 4.99 Å². The van der Waals surface area contributed by atoms with Crippen LogP contribution in [0.3, 0.4) is 0 Å². The Kier molecular flexibility index (Phi) is 8.06. The Morgan fingerprint density at radius 2 is 2.06 bits per heavy atom. The molecule has 36 heavy (non-hydrogen) atoms. The number of allylic oxidation sites excluding steroid dienone is 1. The molecule has 0 spiro atoms. The molecule has 0 saturated carbocycles. The lowest BCUT2D eigenvalue weighted by Crippen LogP contribution is -2.40. The number of para-hydroxylation sites is 1. The summed E-state index contributed by atoms with van der Waals surface area (Å²) in [5, 5.41) is 10.6. The van der Waals surface area contributed by atoms with Crippen molar-refractivity contribution in [2.75, 3.05) is 6.61 Å². The Labute approximate surface area is 234 Å². The van der Waals surface area contributed by atoms with E-state index in [-0.39, 0.29) is 29.6 Å². The number of benzene rings is 2. The van der Waals surface area contributed by atoms with Crippen molar-refractivity contribution in [3.05, 3.63) is 86.5 Å². The minimum Gasteiger partial charge on any atom is -0.506 e. The van der Waals surface area contributed by atoms with E-state index in [9.17, 15) is 14.7 Å². The Balaban J connectivity index is 2.01. The maximum absolute atomic E-state index is 13.8. The number of nitrogens with zero attached hydrogens (tertiary/aromatic N) is 2. The molecule has 1 aliphatic heterocycles. The predicted octanol–water partition coefficient (Wildman–Crippen LogP) is 4.66. The normalized spacial score (nSPS) is 15.6. The molecule has 0 radical (unpaired) electrons. The molecule has 4 rings (SSSR count). The first kappa shape index (κ1) is 26.6. The van der Waals surface area contributed by atoms with Crippen molar-refractivity contribution in [2.45, 2.75) is 39.8 Å². The van der Waals surface area contributed by atoms with Crippen molar-refractivity contribution in [3.63, 3.8) is 0 Å². The van der Waals surface area contributed by atoms with Crippen LogP contribution in [0, 0.1) is 3.57 Å². The number of phenols is 1. The first-order valence-corrected chi connectivity index (χ1v) is 13.9. The smallest absolute Gasteiger partial charge is 0.338 e. The molecule has 1 aromatic heterocycles. The van der Waals surface area contributed by atoms with Crippen LogP contribution >= 0.6 is 49.9 Å². The van der Waals surface area contributed by atoms with E-state index in [2.05, 4.69) is 20.9 Å². The third kappa shape index (κ3) is 5.16. The second-order valence-corrected chi connectivity index (χ2v) is 11.4. The molecule has 0 aliphatic carbocycles. The van der Waals surface area contributed by atoms with E-state index in [4.69, 9.17) is 9.47 Å². The fourth-order valence-corrected chi connectivity index (χ4v) is 6.58. The Morgan fingerprint density at radius 3 is 2.75 bits per heavy atom. The lowest BCUT2D eigenvalue weighted by molar-refractivity contribution is -0.139. The van der Waals surface area contributed by atoms with E-state index >= 15 is 0 Å². The van der Waals surface area contributed by atoms with Gasteiger partial charge in [0, 0.05) is 15.6 Å². The standard InChI is InChI=1S/C26H24BrIN2O5S/c1-5-34-25(33)21-14(4)29-26-30(22(21)17-8-6-7-9-19(17)35-13(2)3)24(32)20(36-26)11-15-10-16(27)12-18(28)23(15)31/h6-13,22,31H,5H2,1-4H3/b20-11-/t22-/m1/s1. The third-order valence-corrected chi connectivity index (χ3v) is 7.70. The first-order chi connectivity index (χ1) is 17.1. The van der Waals surface area contributed by atoms with Gasteiger partial charge in [-0.05, 0) is 74.6 Å². The molecule has 2 aromatic carbocycles. The molecule has 1 atom stereocenters. The molecule has 10 heteroatoms. The van der Waals surface area contributed by atoms with Gasteiger partial charge in [-0.15, -0.1) is 0 Å². The summed E-state index contributed by atoms with van der Waals surface area (Å²) in [6.45, 7) is 7.50. The number of rotatable bonds is 6. The van der Waals surface area contributed by atoms with Gasteiger partial charge < -0.3 is 14.6 Å². The van der Waals surface area contributed by atoms with Crippen LogP contribution in [0.25, 0.3) is 6.08 Å². The molecule has 3 aromatic rings. The van der Waals surface area contributed by atoms with E-state index in [1.807, 2.05) is 60.7 Å². The molecule has 0 bridgehead atoms. The van der Waals surface area contributed by atoms with Gasteiger partial charge in [0.15, 0.2) is 4.80 Å². The monoisotopic (exact) mass is 682 g/mol. The van der Waals surface area contributed by atoms with Crippen molar-refractivity contribution in [3.8, 4) is 11.5 Å². The van der Waals surface area contributed by atoms with Crippen LogP contribution in [0.2, 0.25) is 0 Å². The lowest BCUT2D eigenvalue weighted by atomic mass is 9.95. The molecule has 7 nitrogen and oxygen atoms in total. The zero-order chi connectivity index (χ0) is 26.1. The van der Waals surface area contributed by atoms with Gasteiger partial charge in [-0.2, -0.15) is 0 Å². The van der Waals surface area contributed by atoms with Gasteiger partial charge >= 0.3 is 5.97 Å². The highest BCUT2D eigenvalue weighted by Gasteiger charge is 2.35. The summed E-state index contributed by atoms with van der Waals surface area (Å²) in [6.07, 6.45) is 1.53. The number of hydrogen-bond acceptors (Lipinski definition) is 7. The van der Waals surface area contributed by atoms with Crippen molar-refractivity contribution in [1.29, 1.82) is 0 Å². The summed E-state index contributed by atoms with van der Waals surface area (Å²) in [4.78, 5) is 32.0. The van der Waals surface area contributed by atoms with E-state index in [1.165, 1.54) is 15.9 Å². The number of halogens is 2. The summed E-state index contributed by atoms with van der Waals surface area (Å²) in [5.74, 6) is 0.125. The zero-order valence-electron chi connectivity index (χ0n) is 20.0. The SMILES string of the molecule is CCOC(=O)C1=C(C)N=c2s/c(=C\c3cc(Br)cc(I)c3O)c(=O)n2[C@@H]1c1ccccc1OC(C)C. The van der Waals surface area contributed by atoms with E-state index in [1.54, 1.807) is 32.1 Å². The van der Waals surface area contributed by atoms with Crippen LogP contribution in [0.15, 0.2) is 61.9 Å². The Morgan fingerprint density at radius 1 is 1.33 bits per heavy atom. The Hall–Kier alpha value is -2.44. The maximum atomic E-state index is 13.8. The molecule has 0 amide bonds. The number of esters is 1. The highest BCUT2D eigenvalue weighted by Crippen LogP contribution is 2.36. The topological polar surface area (TPSA) is 90.1 Å². The average Bonchev–Trinajstić information content (AvgIpc) is 3.11. The summed E-state index contributed by atoms with van der Waals surface area (Å²) in [5.41, 5.74) is 1.60. The van der Waals surface area contributed by atoms with Gasteiger partial charge in [-0.1, -0.05) is 45.5 Å². The van der Waals surface area contributed by atoms with Gasteiger partial charge in [-0.3, -0.25) is 9.36 Å². The average molecular weight is 683 g/mol. The number of aromatic nitrogens is 1. The molecule has 0 fully saturated rings. The molecule has 188 valence electrons. The quantitative estimate of drug-likeness (QED) is 0.302. The van der Waals surface area contributed by atoms with Crippen LogP contribution in [0.4, 0.5) is 0 Å². The molecule has 1 N–H and O–H groups in total. The van der Waals surface area contributed by atoms with Crippen molar-refractivity contribution < 1.29 is 19.4 Å². The molecule has 1 aliphatic rings. The number of hydrogen-bond donors (Lipinski definition) is 1. The largest absolute Gasteiger partial charge is 0.506 e. The van der Waals surface area contributed by atoms with E-state index in [0.29, 0.717) is 35.5 Å². The Bertz CT molecular complexity index is 1560. The van der Waals surface area contributed by atoms with Gasteiger partial charge in [0.2, 0.25) is 0 Å². The van der Waals surface area contributed by atoms with Gasteiger partial charge in [-0.25, -0.2) is 9.79 Å². The number of carbonyl (C=O) groups excluding carboxylic acids is 1. The van der Waals surface area contributed by atoms with Gasteiger partial charge in [0.1, 0.15) is 17.5 Å². The van der Waals surface area contributed by atoms with Crippen LogP contribution in [0.1, 0.15) is 44.9 Å². The fraction of sp³-hybridized carbons (Fsp3) is 0.269. The predicted molar refractivity (Wildman–Crippen MR) is 151 cm³/mol. The second-order valence-electron chi connectivity index (χ2n) is 8.33. The van der Waals surface area contributed by atoms with Gasteiger partial charge in [0.05, 0.1) is 32.1 Å². The van der Waals surface area contributed by atoms with Crippen LogP contribution < -0.4 is 19.6 Å².